The fraction of sp³-hybridized carbons (Fsp3) is 0.629. The van der Waals surface area contributed by atoms with Gasteiger partial charge in [0.2, 0.25) is 0 Å². The lowest BCUT2D eigenvalue weighted by molar-refractivity contribution is -0.285. The lowest BCUT2D eigenvalue weighted by Crippen LogP contribution is -2.57. The Labute approximate surface area is 286 Å². The number of aliphatic hydroxyl groups is 6. The molecule has 3 fully saturated rings. The number of rotatable bonds is 11. The van der Waals surface area contributed by atoms with Crippen molar-refractivity contribution in [3.63, 3.8) is 0 Å². The molecule has 6 N–H and O–H groups in total. The normalized spacial score (nSPS) is 30.5. The molecule has 0 aliphatic carbocycles. The van der Waals surface area contributed by atoms with Crippen molar-refractivity contribution in [1.82, 2.24) is 9.80 Å². The van der Waals surface area contributed by atoms with E-state index in [1.54, 1.807) is 74.2 Å². The van der Waals surface area contributed by atoms with Crippen LogP contribution in [0.4, 0.5) is 4.79 Å². The Bertz CT molecular complexity index is 1240. The van der Waals surface area contributed by atoms with E-state index < -0.39 is 79.1 Å². The Hall–Kier alpha value is -2.73. The van der Waals surface area contributed by atoms with E-state index in [1.165, 1.54) is 4.90 Å². The van der Waals surface area contributed by atoms with Crippen molar-refractivity contribution in [3.05, 3.63) is 71.8 Å². The standard InChI is InChI=1S/C35H50N2O12/c1-35(2,3)49-34(44)36-15-14-23(16-36)37(17-24(38)28(42)30-26(40)19-45-32(47-30)21-10-6-4-7-11-21)18-25(39)29(43)31-27(41)20-46-33(48-31)22-12-8-5-9-13-22/h4-13,23-33,38-43H,14-20H2,1-3H3/t23-,24?,25?,26-,27-,28?,29?,30-,31-,32?,33?/m1/s1. The van der Waals surface area contributed by atoms with Crippen LogP contribution in [0.3, 0.4) is 0 Å². The molecule has 2 aromatic carbocycles. The first kappa shape index (κ1) is 37.5. The predicted octanol–water partition coefficient (Wildman–Crippen LogP) is 0.692. The van der Waals surface area contributed by atoms with E-state index in [-0.39, 0.29) is 32.8 Å². The number of amides is 1. The second-order valence-electron chi connectivity index (χ2n) is 13.9. The summed E-state index contributed by atoms with van der Waals surface area (Å²) in [7, 11) is 0. The highest BCUT2D eigenvalue weighted by Crippen LogP contribution is 2.31. The fourth-order valence-electron chi connectivity index (χ4n) is 6.33. The maximum absolute atomic E-state index is 12.9. The Morgan fingerprint density at radius 3 is 1.69 bits per heavy atom. The molecule has 0 aromatic heterocycles. The summed E-state index contributed by atoms with van der Waals surface area (Å²) >= 11 is 0. The third kappa shape index (κ3) is 9.74. The number of hydrogen-bond donors (Lipinski definition) is 6. The Balaban J connectivity index is 1.29. The van der Waals surface area contributed by atoms with Crippen LogP contribution in [0.2, 0.25) is 0 Å². The summed E-state index contributed by atoms with van der Waals surface area (Å²) in [6, 6.07) is 17.6. The first-order valence-corrected chi connectivity index (χ1v) is 16.7. The number of carbonyl (C=O) groups excluding carboxylic acids is 1. The number of ether oxygens (including phenoxy) is 5. The minimum atomic E-state index is -1.56. The van der Waals surface area contributed by atoms with Crippen LogP contribution in [0.1, 0.15) is 50.9 Å². The van der Waals surface area contributed by atoms with Gasteiger partial charge in [0.15, 0.2) is 12.6 Å². The van der Waals surface area contributed by atoms with E-state index in [1.807, 2.05) is 12.1 Å². The van der Waals surface area contributed by atoms with Crippen molar-refractivity contribution in [2.75, 3.05) is 39.4 Å². The van der Waals surface area contributed by atoms with Gasteiger partial charge in [-0.1, -0.05) is 60.7 Å². The molecule has 3 aliphatic heterocycles. The number of likely N-dealkylation sites (tertiary alicyclic amines) is 1. The summed E-state index contributed by atoms with van der Waals surface area (Å²) in [5.74, 6) is 0. The lowest BCUT2D eigenvalue weighted by Gasteiger charge is -2.41. The SMILES string of the molecule is CC(C)(C)OC(=O)N1CC[C@@H](N(CC(O)C(O)[C@@H]2OC(c3ccccc3)OC[C@H]2O)CC(O)C(O)[C@@H]2OC(c3ccccc3)OC[C@H]2O)C1. The van der Waals surface area contributed by atoms with Gasteiger partial charge in [0.05, 0.1) is 25.4 Å². The van der Waals surface area contributed by atoms with Gasteiger partial charge in [-0.3, -0.25) is 4.90 Å². The van der Waals surface area contributed by atoms with Gasteiger partial charge in [-0.2, -0.15) is 0 Å². The highest BCUT2D eigenvalue weighted by molar-refractivity contribution is 5.68. The van der Waals surface area contributed by atoms with Crippen molar-refractivity contribution >= 4 is 6.09 Å². The van der Waals surface area contributed by atoms with Gasteiger partial charge >= 0.3 is 6.09 Å². The van der Waals surface area contributed by atoms with Gasteiger partial charge < -0.3 is 59.2 Å². The molecule has 6 unspecified atom stereocenters. The van der Waals surface area contributed by atoms with E-state index in [0.717, 1.165) is 0 Å². The van der Waals surface area contributed by atoms with Crippen molar-refractivity contribution in [3.8, 4) is 0 Å². The zero-order valence-electron chi connectivity index (χ0n) is 28.1. The van der Waals surface area contributed by atoms with Crippen LogP contribution >= 0.6 is 0 Å². The van der Waals surface area contributed by atoms with Crippen LogP contribution < -0.4 is 0 Å². The van der Waals surface area contributed by atoms with Gasteiger partial charge in [0.1, 0.15) is 42.2 Å². The first-order chi connectivity index (χ1) is 23.3. The van der Waals surface area contributed by atoms with E-state index in [9.17, 15) is 35.4 Å². The summed E-state index contributed by atoms with van der Waals surface area (Å²) in [5, 5.41) is 66.6. The Kier molecular flexibility index (Phi) is 12.7. The largest absolute Gasteiger partial charge is 0.444 e. The summed E-state index contributed by atoms with van der Waals surface area (Å²) in [5.41, 5.74) is 0.653. The monoisotopic (exact) mass is 690 g/mol. The minimum Gasteiger partial charge on any atom is -0.444 e. The van der Waals surface area contributed by atoms with Crippen LogP contribution in [0, 0.1) is 0 Å². The smallest absolute Gasteiger partial charge is 0.410 e. The Morgan fingerprint density at radius 2 is 1.27 bits per heavy atom. The third-order valence-electron chi connectivity index (χ3n) is 8.94. The molecule has 3 saturated heterocycles. The van der Waals surface area contributed by atoms with Gasteiger partial charge in [-0.05, 0) is 27.2 Å². The maximum atomic E-state index is 12.9. The predicted molar refractivity (Wildman–Crippen MR) is 174 cm³/mol. The van der Waals surface area contributed by atoms with E-state index in [4.69, 9.17) is 23.7 Å². The molecule has 2 aromatic rings. The number of hydrogen-bond acceptors (Lipinski definition) is 13. The molecular weight excluding hydrogens is 640 g/mol. The maximum Gasteiger partial charge on any atom is 0.410 e. The van der Waals surface area contributed by atoms with Crippen molar-refractivity contribution in [1.29, 1.82) is 0 Å². The molecule has 1 amide bonds. The molecule has 0 saturated carbocycles. The van der Waals surface area contributed by atoms with E-state index in [0.29, 0.717) is 24.1 Å². The molecular formula is C35H50N2O12. The molecule has 0 spiro atoms. The van der Waals surface area contributed by atoms with Gasteiger partial charge in [-0.15, -0.1) is 0 Å². The second-order valence-corrected chi connectivity index (χ2v) is 13.9. The molecule has 14 heteroatoms. The summed E-state index contributed by atoms with van der Waals surface area (Å²) in [6.07, 6.45) is -12.8. The van der Waals surface area contributed by atoms with E-state index in [2.05, 4.69) is 0 Å². The molecule has 49 heavy (non-hydrogen) atoms. The quantitative estimate of drug-likeness (QED) is 0.193. The number of carbonyl (C=O) groups is 1. The highest BCUT2D eigenvalue weighted by atomic mass is 16.7. The van der Waals surface area contributed by atoms with Crippen molar-refractivity contribution < 1.29 is 59.1 Å². The molecule has 3 aliphatic rings. The fourth-order valence-corrected chi connectivity index (χ4v) is 6.33. The van der Waals surface area contributed by atoms with Crippen LogP contribution in [-0.4, -0.2) is 146 Å². The topological polar surface area (TPSA) is 191 Å². The lowest BCUT2D eigenvalue weighted by atomic mass is 9.98. The summed E-state index contributed by atoms with van der Waals surface area (Å²) < 4.78 is 28.6. The summed E-state index contributed by atoms with van der Waals surface area (Å²) in [4.78, 5) is 16.1. The third-order valence-corrected chi connectivity index (χ3v) is 8.94. The molecule has 14 nitrogen and oxygen atoms in total. The molecule has 5 rings (SSSR count). The van der Waals surface area contributed by atoms with Crippen LogP contribution in [0.5, 0.6) is 0 Å². The second kappa shape index (κ2) is 16.5. The summed E-state index contributed by atoms with van der Waals surface area (Å²) in [6.45, 7) is 5.14. The van der Waals surface area contributed by atoms with Crippen molar-refractivity contribution in [2.45, 2.75) is 100 Å². The first-order valence-electron chi connectivity index (χ1n) is 16.7. The molecule has 0 radical (unpaired) electrons. The molecule has 0 bridgehead atoms. The van der Waals surface area contributed by atoms with Gasteiger partial charge in [0, 0.05) is 43.3 Å². The zero-order chi connectivity index (χ0) is 35.3. The number of aliphatic hydroxyl groups excluding tert-OH is 6. The molecule has 272 valence electrons. The number of benzene rings is 2. The molecule has 3 heterocycles. The molecule has 11 atom stereocenters. The average molecular weight is 691 g/mol. The van der Waals surface area contributed by atoms with Gasteiger partial charge in [-0.25, -0.2) is 4.79 Å². The minimum absolute atomic E-state index is 0.131. The van der Waals surface area contributed by atoms with Crippen LogP contribution in [0.25, 0.3) is 0 Å². The Morgan fingerprint density at radius 1 is 0.816 bits per heavy atom. The van der Waals surface area contributed by atoms with Crippen LogP contribution in [0.15, 0.2) is 60.7 Å². The zero-order valence-corrected chi connectivity index (χ0v) is 28.1. The van der Waals surface area contributed by atoms with E-state index >= 15 is 0 Å². The average Bonchev–Trinajstić information content (AvgIpc) is 3.59. The van der Waals surface area contributed by atoms with Crippen LogP contribution in [-0.2, 0) is 23.7 Å². The highest BCUT2D eigenvalue weighted by Gasteiger charge is 2.44. The van der Waals surface area contributed by atoms with Gasteiger partial charge in [0.25, 0.3) is 0 Å². The van der Waals surface area contributed by atoms with Crippen molar-refractivity contribution in [2.24, 2.45) is 0 Å². The number of nitrogens with zero attached hydrogens (tertiary/aromatic N) is 2.